The molecule has 310 valence electrons. The second-order valence-corrected chi connectivity index (χ2v) is 15.4. The van der Waals surface area contributed by atoms with Crippen LogP contribution in [0.4, 0.5) is 0 Å². The molecule has 0 saturated heterocycles. The highest BCUT2D eigenvalue weighted by atomic mass is 16.5. The number of hydrogen-bond acceptors (Lipinski definition) is 5. The lowest BCUT2D eigenvalue weighted by Gasteiger charge is -2.22. The Morgan fingerprint density at radius 2 is 0.962 bits per heavy atom. The Kier molecular flexibility index (Phi) is 41.3. The number of nitrogens with one attached hydrogen (secondary N) is 1. The van der Waals surface area contributed by atoms with E-state index in [1.807, 2.05) is 0 Å². The first kappa shape index (κ1) is 51.1. The molecule has 0 radical (unpaired) electrons. The van der Waals surface area contributed by atoms with Crippen LogP contribution < -0.4 is 5.32 Å². The lowest BCUT2D eigenvalue weighted by molar-refractivity contribution is -0.143. The molecule has 0 saturated carbocycles. The zero-order valence-electron chi connectivity index (χ0n) is 35.0. The Balaban J connectivity index is 3.56. The molecule has 0 aromatic heterocycles. The van der Waals surface area contributed by atoms with Crippen LogP contribution in [0, 0.1) is 0 Å². The number of rotatable bonds is 41. The number of allylic oxidation sites excluding steroid dienone is 6. The van der Waals surface area contributed by atoms with Gasteiger partial charge in [-0.3, -0.25) is 9.59 Å². The third-order valence-electron chi connectivity index (χ3n) is 10.2. The highest BCUT2D eigenvalue weighted by Gasteiger charge is 2.20. The summed E-state index contributed by atoms with van der Waals surface area (Å²) in [6, 6.07) is -0.566. The molecule has 0 rings (SSSR count). The van der Waals surface area contributed by atoms with Crippen LogP contribution in [-0.2, 0) is 14.3 Å². The van der Waals surface area contributed by atoms with Crippen molar-refractivity contribution in [1.82, 2.24) is 5.32 Å². The Labute approximate surface area is 328 Å². The van der Waals surface area contributed by atoms with E-state index in [0.29, 0.717) is 25.9 Å². The highest BCUT2D eigenvalue weighted by molar-refractivity contribution is 5.76. The van der Waals surface area contributed by atoms with Gasteiger partial charge in [-0.25, -0.2) is 0 Å². The van der Waals surface area contributed by atoms with Gasteiger partial charge >= 0.3 is 5.97 Å². The van der Waals surface area contributed by atoms with Crippen molar-refractivity contribution in [2.45, 2.75) is 238 Å². The largest absolute Gasteiger partial charge is 0.466 e. The summed E-state index contributed by atoms with van der Waals surface area (Å²) in [7, 11) is 0. The van der Waals surface area contributed by atoms with E-state index in [1.165, 1.54) is 103 Å². The predicted molar refractivity (Wildman–Crippen MR) is 227 cm³/mol. The zero-order valence-corrected chi connectivity index (χ0v) is 35.0. The standard InChI is InChI=1S/C47H87NO5/c1-3-5-7-9-11-13-15-17-18-20-25-29-33-37-41-47(52)53-42-38-34-30-26-22-21-24-28-32-36-40-46(51)48-44(43-49)45(50)39-35-31-27-23-19-16-14-12-10-8-6-4-2/h9,11,15,17,22,26,44-45,49-50H,3-8,10,12-14,16,18-21,23-25,27-43H2,1-2H3,(H,48,51)/b11-9-,17-15-,26-22-. The maximum atomic E-state index is 12.4. The third kappa shape index (κ3) is 39.6. The van der Waals surface area contributed by atoms with Crippen molar-refractivity contribution in [2.24, 2.45) is 0 Å². The predicted octanol–water partition coefficient (Wildman–Crippen LogP) is 12.9. The summed E-state index contributed by atoms with van der Waals surface area (Å²) in [6.45, 7) is 4.79. The molecular formula is C47H87NO5. The summed E-state index contributed by atoms with van der Waals surface area (Å²) in [5, 5.41) is 23.1. The molecule has 6 heteroatoms. The summed E-state index contributed by atoms with van der Waals surface area (Å²) in [5.41, 5.74) is 0. The van der Waals surface area contributed by atoms with Crippen LogP contribution in [0.3, 0.4) is 0 Å². The van der Waals surface area contributed by atoms with Gasteiger partial charge in [0.25, 0.3) is 0 Å². The van der Waals surface area contributed by atoms with E-state index in [4.69, 9.17) is 4.74 Å². The van der Waals surface area contributed by atoms with Crippen molar-refractivity contribution in [3.05, 3.63) is 36.5 Å². The second-order valence-electron chi connectivity index (χ2n) is 15.4. The van der Waals surface area contributed by atoms with Gasteiger partial charge in [0.05, 0.1) is 25.4 Å². The van der Waals surface area contributed by atoms with Crippen LogP contribution in [0.5, 0.6) is 0 Å². The second kappa shape index (κ2) is 42.8. The smallest absolute Gasteiger partial charge is 0.305 e. The van der Waals surface area contributed by atoms with E-state index in [-0.39, 0.29) is 18.5 Å². The fourth-order valence-corrected chi connectivity index (χ4v) is 6.59. The van der Waals surface area contributed by atoms with E-state index in [9.17, 15) is 19.8 Å². The maximum Gasteiger partial charge on any atom is 0.305 e. The van der Waals surface area contributed by atoms with Crippen LogP contribution in [0.1, 0.15) is 226 Å². The highest BCUT2D eigenvalue weighted by Crippen LogP contribution is 2.15. The Bertz CT molecular complexity index is 869. The average molecular weight is 746 g/mol. The van der Waals surface area contributed by atoms with E-state index in [2.05, 4.69) is 55.6 Å². The molecule has 0 bridgehead atoms. The lowest BCUT2D eigenvalue weighted by atomic mass is 10.0. The summed E-state index contributed by atoms with van der Waals surface area (Å²) in [6.07, 6.45) is 49.6. The molecule has 0 heterocycles. The normalized spacial score (nSPS) is 13.1. The number of ether oxygens (including phenoxy) is 1. The van der Waals surface area contributed by atoms with Gasteiger partial charge in [0.1, 0.15) is 0 Å². The molecule has 0 aliphatic heterocycles. The first-order chi connectivity index (χ1) is 26.0. The lowest BCUT2D eigenvalue weighted by Crippen LogP contribution is -2.45. The minimum absolute atomic E-state index is 0.0521. The number of esters is 1. The Morgan fingerprint density at radius 1 is 0.528 bits per heavy atom. The minimum Gasteiger partial charge on any atom is -0.466 e. The van der Waals surface area contributed by atoms with Crippen LogP contribution >= 0.6 is 0 Å². The molecule has 3 N–H and O–H groups in total. The molecule has 0 aromatic carbocycles. The zero-order chi connectivity index (χ0) is 38.7. The van der Waals surface area contributed by atoms with Crippen molar-refractivity contribution in [1.29, 1.82) is 0 Å². The number of carbonyl (C=O) groups excluding carboxylic acids is 2. The number of aliphatic hydroxyl groups is 2. The van der Waals surface area contributed by atoms with Gasteiger partial charge in [0, 0.05) is 12.8 Å². The van der Waals surface area contributed by atoms with Gasteiger partial charge in [-0.05, 0) is 77.0 Å². The number of hydrogen-bond donors (Lipinski definition) is 3. The van der Waals surface area contributed by atoms with Crippen molar-refractivity contribution >= 4 is 11.9 Å². The third-order valence-corrected chi connectivity index (χ3v) is 10.2. The summed E-state index contributed by atoms with van der Waals surface area (Å²) in [4.78, 5) is 24.4. The van der Waals surface area contributed by atoms with Gasteiger partial charge in [-0.1, -0.05) is 172 Å². The van der Waals surface area contributed by atoms with Gasteiger partial charge in [0.15, 0.2) is 0 Å². The summed E-state index contributed by atoms with van der Waals surface area (Å²) in [5.74, 6) is -0.126. The molecule has 2 unspecified atom stereocenters. The molecule has 2 atom stereocenters. The van der Waals surface area contributed by atoms with E-state index in [0.717, 1.165) is 89.9 Å². The number of carbonyl (C=O) groups is 2. The van der Waals surface area contributed by atoms with Crippen molar-refractivity contribution < 1.29 is 24.5 Å². The van der Waals surface area contributed by atoms with Crippen molar-refractivity contribution in [2.75, 3.05) is 13.2 Å². The van der Waals surface area contributed by atoms with Crippen molar-refractivity contribution in [3.8, 4) is 0 Å². The fourth-order valence-electron chi connectivity index (χ4n) is 6.59. The molecule has 0 aromatic rings. The molecule has 0 aliphatic rings. The molecule has 53 heavy (non-hydrogen) atoms. The van der Waals surface area contributed by atoms with E-state index >= 15 is 0 Å². The molecule has 0 fully saturated rings. The van der Waals surface area contributed by atoms with Gasteiger partial charge in [-0.2, -0.15) is 0 Å². The summed E-state index contributed by atoms with van der Waals surface area (Å²) >= 11 is 0. The van der Waals surface area contributed by atoms with Crippen LogP contribution in [0.2, 0.25) is 0 Å². The van der Waals surface area contributed by atoms with Gasteiger partial charge in [0.2, 0.25) is 5.91 Å². The number of amides is 1. The van der Waals surface area contributed by atoms with E-state index < -0.39 is 12.1 Å². The SMILES string of the molecule is CCCC/C=C\C/C=C\CCCCCCCC(=O)OCCCC/C=C\CCCCCCC(=O)NC(CO)C(O)CCCCCCCCCCCCCC. The van der Waals surface area contributed by atoms with Crippen LogP contribution in [0.15, 0.2) is 36.5 Å². The fraction of sp³-hybridized carbons (Fsp3) is 0.830. The maximum absolute atomic E-state index is 12.4. The average Bonchev–Trinajstić information content (AvgIpc) is 3.16. The quantitative estimate of drug-likeness (QED) is 0.0329. The molecule has 1 amide bonds. The first-order valence-corrected chi connectivity index (χ1v) is 22.7. The topological polar surface area (TPSA) is 95.9 Å². The van der Waals surface area contributed by atoms with Crippen LogP contribution in [0.25, 0.3) is 0 Å². The Hall–Kier alpha value is -1.92. The summed E-state index contributed by atoms with van der Waals surface area (Å²) < 4.78 is 5.41. The minimum atomic E-state index is -0.685. The number of unbranched alkanes of at least 4 members (excludes halogenated alkanes) is 24. The van der Waals surface area contributed by atoms with Crippen LogP contribution in [-0.4, -0.2) is 47.4 Å². The number of aliphatic hydroxyl groups excluding tert-OH is 2. The molecule has 0 aliphatic carbocycles. The van der Waals surface area contributed by atoms with Gasteiger partial charge in [-0.15, -0.1) is 0 Å². The molecule has 0 spiro atoms. The monoisotopic (exact) mass is 746 g/mol. The Morgan fingerprint density at radius 3 is 1.51 bits per heavy atom. The molecular weight excluding hydrogens is 659 g/mol. The molecule has 6 nitrogen and oxygen atoms in total. The van der Waals surface area contributed by atoms with Crippen molar-refractivity contribution in [3.63, 3.8) is 0 Å². The van der Waals surface area contributed by atoms with Gasteiger partial charge < -0.3 is 20.3 Å². The van der Waals surface area contributed by atoms with E-state index in [1.54, 1.807) is 0 Å². The first-order valence-electron chi connectivity index (χ1n) is 22.7.